The van der Waals surface area contributed by atoms with Crippen LogP contribution in [0.4, 0.5) is 0 Å². The fourth-order valence-corrected chi connectivity index (χ4v) is 3.04. The van der Waals surface area contributed by atoms with E-state index >= 15 is 0 Å². The second kappa shape index (κ2) is 8.91. The Morgan fingerprint density at radius 2 is 1.32 bits per heavy atom. The molecule has 0 aliphatic carbocycles. The van der Waals surface area contributed by atoms with Crippen LogP contribution in [-0.2, 0) is 4.79 Å². The minimum absolute atomic E-state index is 0.297. The third-order valence-electron chi connectivity index (χ3n) is 4.52. The number of Topliss-reactive ketones (excluding diaryl/α,β-unsaturated/α-hetero) is 3. The van der Waals surface area contributed by atoms with E-state index in [9.17, 15) is 14.4 Å². The van der Waals surface area contributed by atoms with Gasteiger partial charge in [0, 0.05) is 11.1 Å². The maximum Gasteiger partial charge on any atom is 0.177 e. The molecule has 0 aliphatic heterocycles. The van der Waals surface area contributed by atoms with Gasteiger partial charge in [0.25, 0.3) is 0 Å². The second-order valence-electron chi connectivity index (χ2n) is 6.37. The number of carbonyl (C=O) groups is 3. The lowest BCUT2D eigenvalue weighted by Gasteiger charge is -2.15. The number of methoxy groups -OCH3 is 1. The van der Waals surface area contributed by atoms with Gasteiger partial charge in [-0.3, -0.25) is 14.4 Å². The van der Waals surface area contributed by atoms with E-state index in [0.717, 1.165) is 0 Å². The first-order chi connectivity index (χ1) is 13.6. The summed E-state index contributed by atoms with van der Waals surface area (Å²) < 4.78 is 5.12. The van der Waals surface area contributed by atoms with Crippen LogP contribution in [0.3, 0.4) is 0 Å². The normalized spacial score (nSPS) is 11.5. The fourth-order valence-electron chi connectivity index (χ4n) is 3.04. The molecule has 4 heteroatoms. The van der Waals surface area contributed by atoms with Crippen molar-refractivity contribution in [3.8, 4) is 5.75 Å². The molecule has 0 spiro atoms. The monoisotopic (exact) mass is 372 g/mol. The Bertz CT molecular complexity index is 961. The van der Waals surface area contributed by atoms with Crippen LogP contribution < -0.4 is 4.74 Å². The first kappa shape index (κ1) is 19.2. The molecule has 140 valence electrons. The molecule has 0 saturated carbocycles. The lowest BCUT2D eigenvalue weighted by Crippen LogP contribution is -2.24. The van der Waals surface area contributed by atoms with Gasteiger partial charge >= 0.3 is 0 Å². The summed E-state index contributed by atoms with van der Waals surface area (Å²) in [6.07, 6.45) is -0.328. The van der Waals surface area contributed by atoms with Crippen LogP contribution in [0.2, 0.25) is 0 Å². The van der Waals surface area contributed by atoms with Gasteiger partial charge in [0.2, 0.25) is 0 Å². The lowest BCUT2D eigenvalue weighted by atomic mass is 9.85. The summed E-state index contributed by atoms with van der Waals surface area (Å²) in [5.74, 6) is -1.45. The molecular formula is C24H20O4. The summed E-state index contributed by atoms with van der Waals surface area (Å²) in [5.41, 5.74) is 1.43. The maximum atomic E-state index is 13.1. The standard InChI is InChI=1S/C24H20O4/c1-28-20-14-12-19(13-15-20)24(27)23(18-10-6-3-7-11-18)22(26)16-21(25)17-8-4-2-5-9-17/h2-15,23H,16H2,1H3/t23-/m1/s1. The van der Waals surface area contributed by atoms with Gasteiger partial charge in [0.05, 0.1) is 13.5 Å². The summed E-state index contributed by atoms with van der Waals surface area (Å²) in [5, 5.41) is 0. The number of ketones is 3. The molecule has 1 atom stereocenters. The van der Waals surface area contributed by atoms with E-state index in [1.807, 2.05) is 6.07 Å². The Hall–Kier alpha value is -3.53. The van der Waals surface area contributed by atoms with Crippen molar-refractivity contribution in [1.82, 2.24) is 0 Å². The van der Waals surface area contributed by atoms with Gasteiger partial charge in [-0.25, -0.2) is 0 Å². The van der Waals surface area contributed by atoms with Crippen molar-refractivity contribution in [2.75, 3.05) is 7.11 Å². The summed E-state index contributed by atoms with van der Waals surface area (Å²) in [4.78, 5) is 38.6. The van der Waals surface area contributed by atoms with E-state index in [2.05, 4.69) is 0 Å². The van der Waals surface area contributed by atoms with E-state index < -0.39 is 11.7 Å². The highest BCUT2D eigenvalue weighted by molar-refractivity contribution is 6.20. The maximum absolute atomic E-state index is 13.1. The Labute approximate surface area is 163 Å². The van der Waals surface area contributed by atoms with Crippen LogP contribution in [0.25, 0.3) is 0 Å². The molecule has 0 fully saturated rings. The zero-order valence-electron chi connectivity index (χ0n) is 15.5. The summed E-state index contributed by atoms with van der Waals surface area (Å²) >= 11 is 0. The predicted octanol–water partition coefficient (Wildman–Crippen LogP) is 4.50. The quantitative estimate of drug-likeness (QED) is 0.431. The zero-order chi connectivity index (χ0) is 19.9. The first-order valence-corrected chi connectivity index (χ1v) is 8.94. The molecule has 0 amide bonds. The Morgan fingerprint density at radius 1 is 0.750 bits per heavy atom. The molecule has 28 heavy (non-hydrogen) atoms. The van der Waals surface area contributed by atoms with Gasteiger partial charge in [-0.2, -0.15) is 0 Å². The van der Waals surface area contributed by atoms with Gasteiger partial charge < -0.3 is 4.74 Å². The summed E-state index contributed by atoms with van der Waals surface area (Å²) in [7, 11) is 1.54. The highest BCUT2D eigenvalue weighted by Crippen LogP contribution is 2.25. The van der Waals surface area contributed by atoms with E-state index in [4.69, 9.17) is 4.74 Å². The van der Waals surface area contributed by atoms with E-state index in [-0.39, 0.29) is 18.0 Å². The summed E-state index contributed by atoms with van der Waals surface area (Å²) in [6, 6.07) is 24.1. The molecular weight excluding hydrogens is 352 g/mol. The highest BCUT2D eigenvalue weighted by Gasteiger charge is 2.30. The van der Waals surface area contributed by atoms with Crippen molar-refractivity contribution in [3.05, 3.63) is 102 Å². The van der Waals surface area contributed by atoms with Gasteiger partial charge in [-0.15, -0.1) is 0 Å². The summed E-state index contributed by atoms with van der Waals surface area (Å²) in [6.45, 7) is 0. The van der Waals surface area contributed by atoms with Gasteiger partial charge in [0.1, 0.15) is 11.7 Å². The van der Waals surface area contributed by atoms with E-state index in [1.165, 1.54) is 0 Å². The molecule has 0 heterocycles. The number of benzene rings is 3. The lowest BCUT2D eigenvalue weighted by molar-refractivity contribution is -0.118. The molecule has 3 aromatic carbocycles. The molecule has 0 bridgehead atoms. The topological polar surface area (TPSA) is 60.4 Å². The van der Waals surface area contributed by atoms with Crippen LogP contribution in [0.5, 0.6) is 5.75 Å². The SMILES string of the molecule is COc1ccc(C(=O)[C@@H](C(=O)CC(=O)c2ccccc2)c2ccccc2)cc1. The predicted molar refractivity (Wildman–Crippen MR) is 107 cm³/mol. The molecule has 0 N–H and O–H groups in total. The Balaban J connectivity index is 1.89. The molecule has 3 rings (SSSR count). The number of ether oxygens (including phenoxy) is 1. The minimum Gasteiger partial charge on any atom is -0.497 e. The number of hydrogen-bond acceptors (Lipinski definition) is 4. The number of hydrogen-bond donors (Lipinski definition) is 0. The van der Waals surface area contributed by atoms with Crippen LogP contribution in [0, 0.1) is 0 Å². The van der Waals surface area contributed by atoms with E-state index in [0.29, 0.717) is 22.4 Å². The molecule has 0 saturated heterocycles. The Kier molecular flexibility index (Phi) is 6.12. The largest absolute Gasteiger partial charge is 0.497 e. The van der Waals surface area contributed by atoms with Gasteiger partial charge in [-0.05, 0) is 29.8 Å². The van der Waals surface area contributed by atoms with Crippen molar-refractivity contribution >= 4 is 17.3 Å². The Morgan fingerprint density at radius 3 is 1.89 bits per heavy atom. The molecule has 3 aromatic rings. The third-order valence-corrected chi connectivity index (χ3v) is 4.52. The van der Waals surface area contributed by atoms with Gasteiger partial charge in [0.15, 0.2) is 17.3 Å². The van der Waals surface area contributed by atoms with Crippen LogP contribution in [0.1, 0.15) is 38.6 Å². The third kappa shape index (κ3) is 4.41. The van der Waals surface area contributed by atoms with Crippen molar-refractivity contribution in [3.63, 3.8) is 0 Å². The number of rotatable bonds is 8. The molecule has 0 aliphatic rings. The average molecular weight is 372 g/mol. The minimum atomic E-state index is -1.03. The van der Waals surface area contributed by atoms with Crippen molar-refractivity contribution in [1.29, 1.82) is 0 Å². The van der Waals surface area contributed by atoms with Crippen LogP contribution in [-0.4, -0.2) is 24.5 Å². The van der Waals surface area contributed by atoms with E-state index in [1.54, 1.807) is 86.0 Å². The van der Waals surface area contributed by atoms with Crippen LogP contribution >= 0.6 is 0 Å². The van der Waals surface area contributed by atoms with Crippen LogP contribution in [0.15, 0.2) is 84.9 Å². The average Bonchev–Trinajstić information content (AvgIpc) is 2.75. The van der Waals surface area contributed by atoms with Gasteiger partial charge in [-0.1, -0.05) is 60.7 Å². The first-order valence-electron chi connectivity index (χ1n) is 8.94. The van der Waals surface area contributed by atoms with Crippen molar-refractivity contribution in [2.24, 2.45) is 0 Å². The molecule has 0 unspecified atom stereocenters. The zero-order valence-corrected chi connectivity index (χ0v) is 15.5. The number of carbonyl (C=O) groups excluding carboxylic acids is 3. The molecule has 0 radical (unpaired) electrons. The second-order valence-corrected chi connectivity index (χ2v) is 6.37. The smallest absolute Gasteiger partial charge is 0.177 e. The highest BCUT2D eigenvalue weighted by atomic mass is 16.5. The van der Waals surface area contributed by atoms with Crippen molar-refractivity contribution in [2.45, 2.75) is 12.3 Å². The molecule has 0 aromatic heterocycles. The molecule has 4 nitrogen and oxygen atoms in total. The fraction of sp³-hybridized carbons (Fsp3) is 0.125. The van der Waals surface area contributed by atoms with Crippen molar-refractivity contribution < 1.29 is 19.1 Å².